The molecule has 1 heterocycles. The highest BCUT2D eigenvalue weighted by atomic mass is 17.2. The first-order chi connectivity index (χ1) is 5.84. The number of nitrogens with one attached hydrogen (secondary N) is 1. The maximum atomic E-state index is 11.2. The van der Waals surface area contributed by atoms with Crippen molar-refractivity contribution in [1.82, 2.24) is 5.32 Å². The van der Waals surface area contributed by atoms with Gasteiger partial charge in [0.25, 0.3) is 0 Å². The average Bonchev–Trinajstić information content (AvgIpc) is 2.09. The predicted octanol–water partition coefficient (Wildman–Crippen LogP) is 0.133. The van der Waals surface area contributed by atoms with Gasteiger partial charge in [-0.25, -0.2) is 9.78 Å². The van der Waals surface area contributed by atoms with Crippen LogP contribution in [0, 0.1) is 5.92 Å². The maximum Gasteiger partial charge on any atom is 0.140 e. The third-order valence-electron chi connectivity index (χ3n) is 1.86. The van der Waals surface area contributed by atoms with Crippen LogP contribution in [0.5, 0.6) is 0 Å². The topological polar surface area (TPSA) is 47.6 Å². The molecule has 12 heavy (non-hydrogen) atoms. The summed E-state index contributed by atoms with van der Waals surface area (Å²) in [6, 6.07) is 0. The molecule has 0 amide bonds. The molecule has 1 saturated heterocycles. The highest BCUT2D eigenvalue weighted by Gasteiger charge is 2.21. The Morgan fingerprint density at radius 1 is 1.58 bits per heavy atom. The first-order valence-electron chi connectivity index (χ1n) is 4.32. The normalized spacial score (nSPS) is 24.4. The zero-order valence-electron chi connectivity index (χ0n) is 7.34. The van der Waals surface area contributed by atoms with Gasteiger partial charge in [-0.2, -0.15) is 0 Å². The van der Waals surface area contributed by atoms with Gasteiger partial charge in [0.2, 0.25) is 0 Å². The van der Waals surface area contributed by atoms with Crippen LogP contribution >= 0.6 is 0 Å². The Hall–Kier alpha value is -0.450. The zero-order chi connectivity index (χ0) is 8.81. The van der Waals surface area contributed by atoms with Crippen LogP contribution < -0.4 is 5.32 Å². The van der Waals surface area contributed by atoms with Crippen molar-refractivity contribution in [1.29, 1.82) is 0 Å². The van der Waals surface area contributed by atoms with E-state index < -0.39 is 0 Å². The Balaban J connectivity index is 2.16. The van der Waals surface area contributed by atoms with Gasteiger partial charge in [-0.1, -0.05) is 0 Å². The molecular weight excluding hydrogens is 158 g/mol. The number of piperidine rings is 1. The lowest BCUT2D eigenvalue weighted by atomic mass is 9.99. The van der Waals surface area contributed by atoms with E-state index in [9.17, 15) is 4.79 Å². The summed E-state index contributed by atoms with van der Waals surface area (Å²) in [4.78, 5) is 20.7. The van der Waals surface area contributed by atoms with Crippen molar-refractivity contribution < 1.29 is 14.6 Å². The lowest BCUT2D eigenvalue weighted by Crippen LogP contribution is -2.39. The lowest BCUT2D eigenvalue weighted by Gasteiger charge is -2.20. The molecule has 0 aromatic heterocycles. The van der Waals surface area contributed by atoms with E-state index in [2.05, 4.69) is 5.32 Å². The SMILES string of the molecule is CCOOCC1CNCCC1=O. The van der Waals surface area contributed by atoms with Crippen molar-refractivity contribution in [3.05, 3.63) is 0 Å². The summed E-state index contributed by atoms with van der Waals surface area (Å²) in [6.45, 7) is 4.25. The molecule has 70 valence electrons. The molecule has 1 unspecified atom stereocenters. The number of hydrogen-bond acceptors (Lipinski definition) is 4. The zero-order valence-corrected chi connectivity index (χ0v) is 7.34. The van der Waals surface area contributed by atoms with Gasteiger partial charge in [0.05, 0.1) is 19.1 Å². The second-order valence-electron chi connectivity index (χ2n) is 2.81. The third-order valence-corrected chi connectivity index (χ3v) is 1.86. The van der Waals surface area contributed by atoms with Crippen LogP contribution in [0.25, 0.3) is 0 Å². The average molecular weight is 173 g/mol. The lowest BCUT2D eigenvalue weighted by molar-refractivity contribution is -0.296. The van der Waals surface area contributed by atoms with E-state index in [1.165, 1.54) is 0 Å². The second-order valence-corrected chi connectivity index (χ2v) is 2.81. The Morgan fingerprint density at radius 3 is 3.08 bits per heavy atom. The molecule has 0 saturated carbocycles. The Labute approximate surface area is 72.2 Å². The molecule has 4 heteroatoms. The molecule has 0 aromatic rings. The van der Waals surface area contributed by atoms with E-state index in [1.54, 1.807) is 0 Å². The summed E-state index contributed by atoms with van der Waals surface area (Å²) in [6.07, 6.45) is 0.611. The summed E-state index contributed by atoms with van der Waals surface area (Å²) in [7, 11) is 0. The van der Waals surface area contributed by atoms with E-state index in [-0.39, 0.29) is 11.7 Å². The van der Waals surface area contributed by atoms with Crippen molar-refractivity contribution >= 4 is 5.78 Å². The van der Waals surface area contributed by atoms with Crippen LogP contribution in [-0.4, -0.2) is 32.1 Å². The molecule has 1 rings (SSSR count). The molecule has 1 aliphatic rings. The Kier molecular flexibility index (Phi) is 4.21. The fourth-order valence-electron chi connectivity index (χ4n) is 1.17. The van der Waals surface area contributed by atoms with Crippen molar-refractivity contribution in [2.45, 2.75) is 13.3 Å². The summed E-state index contributed by atoms with van der Waals surface area (Å²) in [5, 5.41) is 3.14. The smallest absolute Gasteiger partial charge is 0.140 e. The fourth-order valence-corrected chi connectivity index (χ4v) is 1.17. The fraction of sp³-hybridized carbons (Fsp3) is 0.875. The molecule has 4 nitrogen and oxygen atoms in total. The summed E-state index contributed by atoms with van der Waals surface area (Å²) < 4.78 is 0. The van der Waals surface area contributed by atoms with Gasteiger partial charge in [-0.15, -0.1) is 0 Å². The third kappa shape index (κ3) is 2.89. The predicted molar refractivity (Wildman–Crippen MR) is 43.6 cm³/mol. The van der Waals surface area contributed by atoms with Crippen molar-refractivity contribution in [2.24, 2.45) is 5.92 Å². The second kappa shape index (κ2) is 5.24. The molecule has 0 bridgehead atoms. The van der Waals surface area contributed by atoms with Crippen LogP contribution in [0.15, 0.2) is 0 Å². The van der Waals surface area contributed by atoms with Crippen molar-refractivity contribution in [3.8, 4) is 0 Å². The molecule has 0 aromatic carbocycles. The Morgan fingerprint density at radius 2 is 2.42 bits per heavy atom. The van der Waals surface area contributed by atoms with E-state index in [1.807, 2.05) is 6.92 Å². The van der Waals surface area contributed by atoms with Gasteiger partial charge >= 0.3 is 0 Å². The molecule has 0 spiro atoms. The van der Waals surface area contributed by atoms with E-state index in [0.717, 1.165) is 6.54 Å². The largest absolute Gasteiger partial charge is 0.315 e. The van der Waals surface area contributed by atoms with E-state index >= 15 is 0 Å². The molecule has 1 atom stereocenters. The molecule has 0 aliphatic carbocycles. The minimum atomic E-state index is -0.0229. The van der Waals surface area contributed by atoms with Gasteiger partial charge in [0.1, 0.15) is 5.78 Å². The summed E-state index contributed by atoms with van der Waals surface area (Å²) >= 11 is 0. The summed E-state index contributed by atoms with van der Waals surface area (Å²) in [5.74, 6) is 0.249. The molecular formula is C8H15NO3. The first-order valence-corrected chi connectivity index (χ1v) is 4.32. The first kappa shape index (κ1) is 9.64. The van der Waals surface area contributed by atoms with Gasteiger partial charge in [0, 0.05) is 19.5 Å². The number of hydrogen-bond donors (Lipinski definition) is 1. The Bertz CT molecular complexity index is 149. The maximum absolute atomic E-state index is 11.2. The van der Waals surface area contributed by atoms with Crippen LogP contribution in [-0.2, 0) is 14.6 Å². The van der Waals surface area contributed by atoms with Crippen LogP contribution in [0.4, 0.5) is 0 Å². The minimum Gasteiger partial charge on any atom is -0.315 e. The van der Waals surface area contributed by atoms with Crippen LogP contribution in [0.1, 0.15) is 13.3 Å². The number of carbonyl (C=O) groups is 1. The molecule has 1 N–H and O–H groups in total. The minimum absolute atomic E-state index is 0.0229. The van der Waals surface area contributed by atoms with E-state index in [4.69, 9.17) is 9.78 Å². The van der Waals surface area contributed by atoms with Gasteiger partial charge < -0.3 is 5.32 Å². The van der Waals surface area contributed by atoms with E-state index in [0.29, 0.717) is 26.2 Å². The van der Waals surface area contributed by atoms with Gasteiger partial charge in [-0.3, -0.25) is 4.79 Å². The van der Waals surface area contributed by atoms with Crippen LogP contribution in [0.3, 0.4) is 0 Å². The molecule has 1 aliphatic heterocycles. The van der Waals surface area contributed by atoms with Gasteiger partial charge in [0.15, 0.2) is 0 Å². The highest BCUT2D eigenvalue weighted by molar-refractivity contribution is 5.82. The van der Waals surface area contributed by atoms with Gasteiger partial charge in [-0.05, 0) is 6.92 Å². The highest BCUT2D eigenvalue weighted by Crippen LogP contribution is 2.05. The monoisotopic (exact) mass is 173 g/mol. The quantitative estimate of drug-likeness (QED) is 0.373. The number of carbonyl (C=O) groups excluding carboxylic acids is 1. The molecule has 0 radical (unpaired) electrons. The molecule has 1 fully saturated rings. The number of rotatable bonds is 4. The standard InChI is InChI=1S/C8H15NO3/c1-2-11-12-6-7-5-9-4-3-8(7)10/h7,9H,2-6H2,1H3. The van der Waals surface area contributed by atoms with Crippen molar-refractivity contribution in [3.63, 3.8) is 0 Å². The number of Topliss-reactive ketones (excluding diaryl/α,β-unsaturated/α-hetero) is 1. The summed E-state index contributed by atoms with van der Waals surface area (Å²) in [5.41, 5.74) is 0. The van der Waals surface area contributed by atoms with Crippen molar-refractivity contribution in [2.75, 3.05) is 26.3 Å². The van der Waals surface area contributed by atoms with Crippen LogP contribution in [0.2, 0.25) is 0 Å². The number of ketones is 1.